The number of rotatable bonds is 4. The number of nitrogens with one attached hydrogen (secondary N) is 1. The van der Waals surface area contributed by atoms with Gasteiger partial charge in [0, 0.05) is 31.7 Å². The molecule has 1 aliphatic carbocycles. The molecule has 0 spiro atoms. The van der Waals surface area contributed by atoms with E-state index in [4.69, 9.17) is 0 Å². The molecule has 2 fully saturated rings. The van der Waals surface area contributed by atoms with Gasteiger partial charge in [-0.3, -0.25) is 4.90 Å². The lowest BCUT2D eigenvalue weighted by Gasteiger charge is -2.43. The van der Waals surface area contributed by atoms with Crippen molar-refractivity contribution in [1.29, 1.82) is 0 Å². The van der Waals surface area contributed by atoms with Crippen LogP contribution in [-0.4, -0.2) is 36.6 Å². The molecule has 0 radical (unpaired) electrons. The van der Waals surface area contributed by atoms with Crippen molar-refractivity contribution in [3.63, 3.8) is 0 Å². The van der Waals surface area contributed by atoms with E-state index in [-0.39, 0.29) is 0 Å². The van der Waals surface area contributed by atoms with E-state index in [1.165, 1.54) is 45.3 Å². The Labute approximate surface area is 101 Å². The zero-order valence-corrected chi connectivity index (χ0v) is 11.2. The van der Waals surface area contributed by atoms with Crippen molar-refractivity contribution in [3.05, 3.63) is 0 Å². The van der Waals surface area contributed by atoms with Crippen molar-refractivity contribution < 1.29 is 0 Å². The van der Waals surface area contributed by atoms with Crippen LogP contribution in [0.25, 0.3) is 0 Å². The molecule has 1 aliphatic heterocycles. The minimum absolute atomic E-state index is 0.684. The molecule has 2 nitrogen and oxygen atoms in total. The molecule has 1 N–H and O–H groups in total. The molecule has 2 heteroatoms. The monoisotopic (exact) mass is 224 g/mol. The second kappa shape index (κ2) is 5.50. The van der Waals surface area contributed by atoms with Crippen molar-refractivity contribution in [2.45, 2.75) is 58.5 Å². The van der Waals surface area contributed by atoms with Gasteiger partial charge in [0.15, 0.2) is 0 Å². The maximum atomic E-state index is 3.64. The van der Waals surface area contributed by atoms with E-state index in [0.29, 0.717) is 6.04 Å². The maximum absolute atomic E-state index is 3.64. The van der Waals surface area contributed by atoms with E-state index in [0.717, 1.165) is 17.9 Å². The fraction of sp³-hybridized carbons (Fsp3) is 1.00. The molecule has 0 aromatic carbocycles. The van der Waals surface area contributed by atoms with Gasteiger partial charge in [-0.05, 0) is 38.0 Å². The van der Waals surface area contributed by atoms with Crippen LogP contribution in [0.4, 0.5) is 0 Å². The first-order valence-corrected chi connectivity index (χ1v) is 7.12. The second-order valence-electron chi connectivity index (χ2n) is 6.34. The van der Waals surface area contributed by atoms with E-state index < -0.39 is 0 Å². The van der Waals surface area contributed by atoms with Crippen molar-refractivity contribution in [1.82, 2.24) is 10.2 Å². The highest BCUT2D eigenvalue weighted by Gasteiger charge is 2.29. The number of hydrogen-bond donors (Lipinski definition) is 1. The molecule has 2 rings (SSSR count). The van der Waals surface area contributed by atoms with Crippen LogP contribution in [0.5, 0.6) is 0 Å². The molecule has 1 heterocycles. The lowest BCUT2D eigenvalue weighted by molar-refractivity contribution is 0.0810. The first kappa shape index (κ1) is 12.4. The molecular formula is C14H28N2. The van der Waals surface area contributed by atoms with Gasteiger partial charge in [0.1, 0.15) is 0 Å². The van der Waals surface area contributed by atoms with E-state index in [1.807, 2.05) is 0 Å². The lowest BCUT2D eigenvalue weighted by Crippen LogP contribution is -2.57. The zero-order valence-electron chi connectivity index (χ0n) is 11.2. The minimum Gasteiger partial charge on any atom is -0.311 e. The number of nitrogens with zero attached hydrogens (tertiary/aromatic N) is 1. The van der Waals surface area contributed by atoms with Crippen LogP contribution >= 0.6 is 0 Å². The summed E-state index contributed by atoms with van der Waals surface area (Å²) in [5.41, 5.74) is 0. The van der Waals surface area contributed by atoms with Gasteiger partial charge in [-0.1, -0.05) is 20.3 Å². The third-order valence-electron chi connectivity index (χ3n) is 4.19. The topological polar surface area (TPSA) is 15.3 Å². The third kappa shape index (κ3) is 3.21. The van der Waals surface area contributed by atoms with Crippen LogP contribution < -0.4 is 5.32 Å². The summed E-state index contributed by atoms with van der Waals surface area (Å²) in [5.74, 6) is 1.84. The number of piperazine rings is 1. The molecular weight excluding hydrogens is 196 g/mol. The predicted molar refractivity (Wildman–Crippen MR) is 69.6 cm³/mol. The largest absolute Gasteiger partial charge is 0.311 e. The van der Waals surface area contributed by atoms with Crippen molar-refractivity contribution >= 4 is 0 Å². The molecule has 2 aliphatic rings. The minimum atomic E-state index is 0.684. The summed E-state index contributed by atoms with van der Waals surface area (Å²) in [4.78, 5) is 2.77. The molecule has 2 unspecified atom stereocenters. The quantitative estimate of drug-likeness (QED) is 0.789. The third-order valence-corrected chi connectivity index (χ3v) is 4.19. The molecule has 1 saturated heterocycles. The fourth-order valence-electron chi connectivity index (χ4n) is 3.04. The van der Waals surface area contributed by atoms with Gasteiger partial charge in [0.05, 0.1) is 0 Å². The van der Waals surface area contributed by atoms with Crippen LogP contribution in [0.2, 0.25) is 0 Å². The Hall–Kier alpha value is -0.0800. The molecule has 2 atom stereocenters. The predicted octanol–water partition coefficient (Wildman–Crippen LogP) is 2.49. The molecule has 0 aromatic heterocycles. The van der Waals surface area contributed by atoms with Gasteiger partial charge < -0.3 is 5.32 Å². The first-order valence-electron chi connectivity index (χ1n) is 7.12. The molecule has 94 valence electrons. The Bertz CT molecular complexity index is 211. The second-order valence-corrected chi connectivity index (χ2v) is 6.34. The fourth-order valence-corrected chi connectivity index (χ4v) is 3.04. The van der Waals surface area contributed by atoms with Crippen LogP contribution in [0.15, 0.2) is 0 Å². The SMILES string of the molecule is CC(C)CC1CNC(C)CN1CC1CCC1. The Balaban J connectivity index is 1.86. The van der Waals surface area contributed by atoms with Gasteiger partial charge in [0.25, 0.3) is 0 Å². The summed E-state index contributed by atoms with van der Waals surface area (Å²) in [6.45, 7) is 10.8. The van der Waals surface area contributed by atoms with Gasteiger partial charge in [-0.25, -0.2) is 0 Å². The Morgan fingerprint density at radius 2 is 2.06 bits per heavy atom. The van der Waals surface area contributed by atoms with E-state index in [9.17, 15) is 0 Å². The van der Waals surface area contributed by atoms with Gasteiger partial charge in [-0.2, -0.15) is 0 Å². The van der Waals surface area contributed by atoms with E-state index in [2.05, 4.69) is 31.0 Å². The van der Waals surface area contributed by atoms with Crippen LogP contribution in [-0.2, 0) is 0 Å². The van der Waals surface area contributed by atoms with Crippen molar-refractivity contribution in [2.75, 3.05) is 19.6 Å². The van der Waals surface area contributed by atoms with Crippen molar-refractivity contribution in [3.8, 4) is 0 Å². The summed E-state index contributed by atoms with van der Waals surface area (Å²) in [5, 5.41) is 3.64. The average Bonchev–Trinajstić information content (AvgIpc) is 2.15. The smallest absolute Gasteiger partial charge is 0.0223 e. The highest BCUT2D eigenvalue weighted by Crippen LogP contribution is 2.29. The Morgan fingerprint density at radius 1 is 1.31 bits per heavy atom. The standard InChI is InChI=1S/C14H28N2/c1-11(2)7-14-8-15-12(3)9-16(14)10-13-5-4-6-13/h11-15H,4-10H2,1-3H3. The Morgan fingerprint density at radius 3 is 2.62 bits per heavy atom. The zero-order chi connectivity index (χ0) is 11.5. The summed E-state index contributed by atoms with van der Waals surface area (Å²) in [7, 11) is 0. The summed E-state index contributed by atoms with van der Waals surface area (Å²) in [6.07, 6.45) is 5.78. The maximum Gasteiger partial charge on any atom is 0.0223 e. The molecule has 0 bridgehead atoms. The average molecular weight is 224 g/mol. The van der Waals surface area contributed by atoms with Crippen LogP contribution in [0.1, 0.15) is 46.5 Å². The van der Waals surface area contributed by atoms with Gasteiger partial charge >= 0.3 is 0 Å². The summed E-state index contributed by atoms with van der Waals surface area (Å²) >= 11 is 0. The van der Waals surface area contributed by atoms with Crippen molar-refractivity contribution in [2.24, 2.45) is 11.8 Å². The van der Waals surface area contributed by atoms with Crippen LogP contribution in [0.3, 0.4) is 0 Å². The molecule has 1 saturated carbocycles. The lowest BCUT2D eigenvalue weighted by atomic mass is 9.84. The van der Waals surface area contributed by atoms with E-state index >= 15 is 0 Å². The summed E-state index contributed by atoms with van der Waals surface area (Å²) < 4.78 is 0. The Kier molecular flexibility index (Phi) is 4.26. The molecule has 0 aromatic rings. The summed E-state index contributed by atoms with van der Waals surface area (Å²) in [6, 6.07) is 1.47. The highest BCUT2D eigenvalue weighted by molar-refractivity contribution is 4.87. The van der Waals surface area contributed by atoms with Gasteiger partial charge in [0.2, 0.25) is 0 Å². The molecule has 0 amide bonds. The number of hydrogen-bond acceptors (Lipinski definition) is 2. The highest BCUT2D eigenvalue weighted by atomic mass is 15.2. The normalized spacial score (nSPS) is 33.0. The first-order chi connectivity index (χ1) is 7.65. The van der Waals surface area contributed by atoms with Gasteiger partial charge in [-0.15, -0.1) is 0 Å². The van der Waals surface area contributed by atoms with Crippen LogP contribution in [0, 0.1) is 11.8 Å². The van der Waals surface area contributed by atoms with E-state index in [1.54, 1.807) is 0 Å². The molecule has 16 heavy (non-hydrogen) atoms.